The molecule has 0 amide bonds. The summed E-state index contributed by atoms with van der Waals surface area (Å²) in [5.41, 5.74) is 7.21. The van der Waals surface area contributed by atoms with Crippen molar-refractivity contribution in [1.82, 2.24) is 0 Å². The molecule has 1 rings (SSSR count). The third kappa shape index (κ3) is 4.89. The zero-order chi connectivity index (χ0) is 12.0. The maximum atomic E-state index is 10.4. The Labute approximate surface area is 95.3 Å². The molecular formula is C12H18N2O2. The molecule has 88 valence electrons. The van der Waals surface area contributed by atoms with Gasteiger partial charge in [-0.15, -0.1) is 0 Å². The van der Waals surface area contributed by atoms with Gasteiger partial charge in [0.15, 0.2) is 0 Å². The standard InChI is InChI=1S/C12H18N2O2/c13-10(9-7-8-9)5-3-1-2-4-6-11(14)12(15)16/h1,3,7,11,13H,2,4-6,8,14H2,(H,15,16)/b3-1+,13-10?. The van der Waals surface area contributed by atoms with Gasteiger partial charge in [-0.2, -0.15) is 0 Å². The van der Waals surface area contributed by atoms with E-state index in [1.54, 1.807) is 0 Å². The van der Waals surface area contributed by atoms with Gasteiger partial charge < -0.3 is 16.2 Å². The van der Waals surface area contributed by atoms with E-state index < -0.39 is 12.0 Å². The number of unbranched alkanes of at least 4 members (excludes halogenated alkanes) is 1. The lowest BCUT2D eigenvalue weighted by Gasteiger charge is -2.03. The Morgan fingerprint density at radius 1 is 1.62 bits per heavy atom. The predicted molar refractivity (Wildman–Crippen MR) is 63.6 cm³/mol. The van der Waals surface area contributed by atoms with Crippen molar-refractivity contribution in [3.8, 4) is 0 Å². The number of allylic oxidation sites excluding steroid dienone is 4. The third-order valence-electron chi connectivity index (χ3n) is 2.49. The van der Waals surface area contributed by atoms with Crippen LogP contribution < -0.4 is 5.73 Å². The first-order valence-electron chi connectivity index (χ1n) is 5.51. The second kappa shape index (κ2) is 6.23. The van der Waals surface area contributed by atoms with Crippen molar-refractivity contribution in [2.75, 3.05) is 0 Å². The largest absolute Gasteiger partial charge is 0.480 e. The number of rotatable bonds is 8. The van der Waals surface area contributed by atoms with E-state index in [4.69, 9.17) is 16.2 Å². The van der Waals surface area contributed by atoms with Crippen molar-refractivity contribution < 1.29 is 9.90 Å². The predicted octanol–water partition coefficient (Wildman–Crippen LogP) is 1.86. The van der Waals surface area contributed by atoms with Crippen LogP contribution in [0.4, 0.5) is 0 Å². The van der Waals surface area contributed by atoms with Crippen molar-refractivity contribution in [2.45, 2.75) is 38.1 Å². The quantitative estimate of drug-likeness (QED) is 0.333. The Kier molecular flexibility index (Phi) is 4.92. The molecule has 16 heavy (non-hydrogen) atoms. The van der Waals surface area contributed by atoms with Gasteiger partial charge in [-0.1, -0.05) is 18.2 Å². The molecule has 0 aromatic rings. The number of nitrogens with one attached hydrogen (secondary N) is 1. The Bertz CT molecular complexity index is 332. The highest BCUT2D eigenvalue weighted by Gasteiger charge is 2.11. The molecule has 0 radical (unpaired) electrons. The monoisotopic (exact) mass is 222 g/mol. The fraction of sp³-hybridized carbons (Fsp3) is 0.500. The van der Waals surface area contributed by atoms with Gasteiger partial charge in [0.25, 0.3) is 0 Å². The van der Waals surface area contributed by atoms with Crippen molar-refractivity contribution in [3.05, 3.63) is 23.8 Å². The van der Waals surface area contributed by atoms with Crippen molar-refractivity contribution in [1.29, 1.82) is 5.41 Å². The van der Waals surface area contributed by atoms with Crippen LogP contribution in [0.5, 0.6) is 0 Å². The highest BCUT2D eigenvalue weighted by Crippen LogP contribution is 2.20. The highest BCUT2D eigenvalue weighted by atomic mass is 16.4. The highest BCUT2D eigenvalue weighted by molar-refractivity contribution is 6.02. The van der Waals surface area contributed by atoms with Gasteiger partial charge in [-0.3, -0.25) is 4.79 Å². The first-order valence-corrected chi connectivity index (χ1v) is 5.51. The number of aliphatic carboxylic acids is 1. The van der Waals surface area contributed by atoms with Gasteiger partial charge in [0.2, 0.25) is 0 Å². The molecule has 1 atom stereocenters. The Hall–Kier alpha value is -1.42. The maximum absolute atomic E-state index is 10.4. The molecule has 0 aromatic carbocycles. The van der Waals surface area contributed by atoms with Crippen LogP contribution in [0.1, 0.15) is 32.1 Å². The second-order valence-electron chi connectivity index (χ2n) is 3.96. The van der Waals surface area contributed by atoms with E-state index in [-0.39, 0.29) is 0 Å². The summed E-state index contributed by atoms with van der Waals surface area (Å²) in [6.07, 6.45) is 9.76. The molecule has 0 aromatic heterocycles. The Morgan fingerprint density at radius 3 is 2.88 bits per heavy atom. The molecule has 4 nitrogen and oxygen atoms in total. The van der Waals surface area contributed by atoms with Crippen LogP contribution in [0.3, 0.4) is 0 Å². The number of hydrogen-bond acceptors (Lipinski definition) is 3. The van der Waals surface area contributed by atoms with Crippen LogP contribution in [0.15, 0.2) is 23.8 Å². The summed E-state index contributed by atoms with van der Waals surface area (Å²) < 4.78 is 0. The topological polar surface area (TPSA) is 87.2 Å². The van der Waals surface area contributed by atoms with E-state index in [9.17, 15) is 4.79 Å². The van der Waals surface area contributed by atoms with E-state index in [0.717, 1.165) is 24.8 Å². The fourth-order valence-corrected chi connectivity index (χ4v) is 1.33. The molecular weight excluding hydrogens is 204 g/mol. The first kappa shape index (κ1) is 12.6. The zero-order valence-corrected chi connectivity index (χ0v) is 9.28. The molecule has 4 heteroatoms. The Balaban J connectivity index is 2.02. The third-order valence-corrected chi connectivity index (χ3v) is 2.49. The molecule has 0 saturated heterocycles. The molecule has 1 aliphatic carbocycles. The fourth-order valence-electron chi connectivity index (χ4n) is 1.33. The SMILES string of the molecule is N=C(C/C=C/CCCC(N)C(=O)O)C1=CC1. The van der Waals surface area contributed by atoms with Crippen LogP contribution in [0, 0.1) is 5.41 Å². The van der Waals surface area contributed by atoms with Gasteiger partial charge >= 0.3 is 5.97 Å². The van der Waals surface area contributed by atoms with Gasteiger partial charge in [-0.25, -0.2) is 0 Å². The van der Waals surface area contributed by atoms with Crippen LogP contribution in [0.25, 0.3) is 0 Å². The summed E-state index contributed by atoms with van der Waals surface area (Å²) in [5, 5.41) is 16.1. The summed E-state index contributed by atoms with van der Waals surface area (Å²) in [4.78, 5) is 10.4. The lowest BCUT2D eigenvalue weighted by molar-refractivity contribution is -0.138. The summed E-state index contributed by atoms with van der Waals surface area (Å²) in [6.45, 7) is 0. The molecule has 4 N–H and O–H groups in total. The van der Waals surface area contributed by atoms with Crippen molar-refractivity contribution in [2.24, 2.45) is 5.73 Å². The van der Waals surface area contributed by atoms with Gasteiger partial charge in [0.1, 0.15) is 6.04 Å². The minimum Gasteiger partial charge on any atom is -0.480 e. The minimum atomic E-state index is -0.938. The Morgan fingerprint density at radius 2 is 2.31 bits per heavy atom. The first-order chi connectivity index (χ1) is 7.61. The summed E-state index contributed by atoms with van der Waals surface area (Å²) in [5.74, 6) is -0.938. The van der Waals surface area contributed by atoms with Crippen LogP contribution in [-0.4, -0.2) is 22.8 Å². The number of hydrogen-bond donors (Lipinski definition) is 3. The zero-order valence-electron chi connectivity index (χ0n) is 9.28. The number of nitrogens with two attached hydrogens (primary N) is 1. The molecule has 0 fully saturated rings. The lowest BCUT2D eigenvalue weighted by atomic mass is 10.1. The van der Waals surface area contributed by atoms with Gasteiger partial charge in [0, 0.05) is 12.1 Å². The van der Waals surface area contributed by atoms with E-state index in [2.05, 4.69) is 0 Å². The van der Waals surface area contributed by atoms with E-state index in [1.165, 1.54) is 0 Å². The number of carbonyl (C=O) groups is 1. The number of carboxylic acids is 1. The van der Waals surface area contributed by atoms with Crippen LogP contribution >= 0.6 is 0 Å². The van der Waals surface area contributed by atoms with Gasteiger partial charge in [-0.05, 0) is 31.3 Å². The molecule has 0 heterocycles. The smallest absolute Gasteiger partial charge is 0.320 e. The maximum Gasteiger partial charge on any atom is 0.320 e. The molecule has 0 bridgehead atoms. The molecule has 0 spiro atoms. The van der Waals surface area contributed by atoms with Crippen LogP contribution in [0.2, 0.25) is 0 Å². The van der Waals surface area contributed by atoms with E-state index >= 15 is 0 Å². The van der Waals surface area contributed by atoms with E-state index in [1.807, 2.05) is 18.2 Å². The molecule has 0 aliphatic heterocycles. The van der Waals surface area contributed by atoms with Crippen LogP contribution in [-0.2, 0) is 4.79 Å². The van der Waals surface area contributed by atoms with Crippen molar-refractivity contribution >= 4 is 11.7 Å². The molecule has 1 unspecified atom stereocenters. The summed E-state index contributed by atoms with van der Waals surface area (Å²) >= 11 is 0. The molecule has 0 saturated carbocycles. The molecule has 1 aliphatic rings. The average Bonchev–Trinajstić information content (AvgIpc) is 3.05. The second-order valence-corrected chi connectivity index (χ2v) is 3.96. The normalized spacial score (nSPS) is 15.9. The lowest BCUT2D eigenvalue weighted by Crippen LogP contribution is -2.29. The van der Waals surface area contributed by atoms with Crippen molar-refractivity contribution in [3.63, 3.8) is 0 Å². The average molecular weight is 222 g/mol. The van der Waals surface area contributed by atoms with E-state index in [0.29, 0.717) is 18.6 Å². The summed E-state index contributed by atoms with van der Waals surface area (Å²) in [7, 11) is 0. The van der Waals surface area contributed by atoms with Gasteiger partial charge in [0.05, 0.1) is 0 Å². The minimum absolute atomic E-state index is 0.502. The summed E-state index contributed by atoms with van der Waals surface area (Å²) in [6, 6.07) is -0.747. The number of carboxylic acid groups (broad SMARTS) is 1.